The van der Waals surface area contributed by atoms with Crippen molar-refractivity contribution in [3.8, 4) is 5.75 Å². The summed E-state index contributed by atoms with van der Waals surface area (Å²) in [5.74, 6) is 2.40. The predicted molar refractivity (Wildman–Crippen MR) is 177 cm³/mol. The molecule has 2 aromatic rings. The SMILES string of the molecule is CC(C)Oc1ccc(C(=O)N2C(c3ccccc3P(C3CCCCC3)C3CCCCC3)=NC[C@H]2C2CCCCC2)cc1. The predicted octanol–water partition coefficient (Wildman–Crippen LogP) is 9.10. The van der Waals surface area contributed by atoms with Gasteiger partial charge in [-0.1, -0.05) is 90.0 Å². The maximum absolute atomic E-state index is 14.5. The van der Waals surface area contributed by atoms with Gasteiger partial charge in [-0.05, 0) is 99.2 Å². The Bertz CT molecular complexity index is 1190. The molecule has 1 heterocycles. The fourth-order valence-electron chi connectivity index (χ4n) is 8.22. The molecule has 4 aliphatic rings. The minimum atomic E-state index is -0.299. The molecule has 0 radical (unpaired) electrons. The Kier molecular flexibility index (Phi) is 10.00. The van der Waals surface area contributed by atoms with Gasteiger partial charge in [-0.25, -0.2) is 0 Å². The summed E-state index contributed by atoms with van der Waals surface area (Å²) in [7, 11) is -0.299. The summed E-state index contributed by atoms with van der Waals surface area (Å²) in [6.07, 6.45) is 20.2. The van der Waals surface area contributed by atoms with Crippen LogP contribution in [0, 0.1) is 5.92 Å². The number of hydrogen-bond donors (Lipinski definition) is 0. The number of nitrogens with zero attached hydrogens (tertiary/aromatic N) is 2. The average molecular weight is 587 g/mol. The van der Waals surface area contributed by atoms with E-state index in [0.717, 1.165) is 35.0 Å². The van der Waals surface area contributed by atoms with Crippen LogP contribution in [0.1, 0.15) is 126 Å². The van der Waals surface area contributed by atoms with E-state index in [0.29, 0.717) is 5.92 Å². The third kappa shape index (κ3) is 6.64. The van der Waals surface area contributed by atoms with Gasteiger partial charge in [0.2, 0.25) is 0 Å². The number of carbonyl (C=O) groups excluding carboxylic acids is 1. The Hall–Kier alpha value is -2.19. The normalized spacial score (nSPS) is 23.0. The molecule has 0 saturated heterocycles. The third-order valence-electron chi connectivity index (χ3n) is 10.2. The summed E-state index contributed by atoms with van der Waals surface area (Å²) in [4.78, 5) is 22.0. The van der Waals surface area contributed by atoms with E-state index in [1.165, 1.54) is 107 Å². The first-order valence-electron chi connectivity index (χ1n) is 17.1. The maximum atomic E-state index is 14.5. The third-order valence-corrected chi connectivity index (χ3v) is 13.8. The number of rotatable bonds is 8. The number of hydrogen-bond acceptors (Lipinski definition) is 3. The Balaban J connectivity index is 1.37. The highest BCUT2D eigenvalue weighted by Crippen LogP contribution is 2.55. The second-order valence-corrected chi connectivity index (χ2v) is 16.3. The zero-order valence-corrected chi connectivity index (χ0v) is 26.9. The average Bonchev–Trinajstić information content (AvgIpc) is 3.48. The van der Waals surface area contributed by atoms with Crippen molar-refractivity contribution >= 4 is 25.0 Å². The molecular formula is C37H51N2O2P. The summed E-state index contributed by atoms with van der Waals surface area (Å²) in [5, 5.41) is 1.54. The lowest BCUT2D eigenvalue weighted by Crippen LogP contribution is -2.47. The minimum Gasteiger partial charge on any atom is -0.491 e. The first-order valence-corrected chi connectivity index (χ1v) is 18.6. The highest BCUT2D eigenvalue weighted by atomic mass is 31.1. The Morgan fingerprint density at radius 1 is 0.786 bits per heavy atom. The van der Waals surface area contributed by atoms with E-state index in [1.54, 1.807) is 0 Å². The van der Waals surface area contributed by atoms with Crippen LogP contribution in [0.3, 0.4) is 0 Å². The maximum Gasteiger partial charge on any atom is 0.259 e. The van der Waals surface area contributed by atoms with Crippen molar-refractivity contribution in [2.75, 3.05) is 6.54 Å². The van der Waals surface area contributed by atoms with Crippen molar-refractivity contribution < 1.29 is 9.53 Å². The molecule has 0 bridgehead atoms. The second kappa shape index (κ2) is 14.1. The fraction of sp³-hybridized carbons (Fsp3) is 0.622. The van der Waals surface area contributed by atoms with Crippen molar-refractivity contribution in [1.82, 2.24) is 4.90 Å². The lowest BCUT2D eigenvalue weighted by Gasteiger charge is -2.40. The van der Waals surface area contributed by atoms with Crippen LogP contribution in [0.25, 0.3) is 0 Å². The molecule has 226 valence electrons. The van der Waals surface area contributed by atoms with Crippen molar-refractivity contribution in [2.24, 2.45) is 10.9 Å². The van der Waals surface area contributed by atoms with Gasteiger partial charge in [0.15, 0.2) is 0 Å². The zero-order valence-electron chi connectivity index (χ0n) is 26.0. The van der Waals surface area contributed by atoms with Gasteiger partial charge in [-0.3, -0.25) is 14.7 Å². The van der Waals surface area contributed by atoms with Crippen LogP contribution in [0.15, 0.2) is 53.5 Å². The Labute approximate surface area is 255 Å². The van der Waals surface area contributed by atoms with Crippen molar-refractivity contribution in [2.45, 2.75) is 134 Å². The summed E-state index contributed by atoms with van der Waals surface area (Å²) in [6.45, 7) is 4.81. The Morgan fingerprint density at radius 3 is 1.95 bits per heavy atom. The number of aliphatic imine (C=N–C) groups is 1. The summed E-state index contributed by atoms with van der Waals surface area (Å²) in [5.41, 5.74) is 3.62. The van der Waals surface area contributed by atoms with Gasteiger partial charge < -0.3 is 4.74 Å². The highest BCUT2D eigenvalue weighted by molar-refractivity contribution is 7.67. The first kappa shape index (κ1) is 29.9. The van der Waals surface area contributed by atoms with E-state index in [4.69, 9.17) is 9.73 Å². The van der Waals surface area contributed by atoms with E-state index in [-0.39, 0.29) is 26.0 Å². The van der Waals surface area contributed by atoms with Crippen molar-refractivity contribution in [3.63, 3.8) is 0 Å². The number of ether oxygens (including phenoxy) is 1. The molecule has 1 aliphatic heterocycles. The number of benzene rings is 2. The van der Waals surface area contributed by atoms with Crippen molar-refractivity contribution in [1.29, 1.82) is 0 Å². The summed E-state index contributed by atoms with van der Waals surface area (Å²) in [6, 6.07) is 17.2. The van der Waals surface area contributed by atoms with Gasteiger partial charge in [0.05, 0.1) is 18.7 Å². The standard InChI is InChI=1S/C37H51N2O2P/c1-27(2)41-30-24-22-29(23-25-30)37(40)39-34(28-14-6-3-7-15-28)26-38-36(39)33-20-12-13-21-35(33)42(31-16-8-4-9-17-31)32-18-10-5-11-19-32/h12-13,20-25,27-28,31-32,34H,3-11,14-19,26H2,1-2H3/t34-/m0/s1. The zero-order chi connectivity index (χ0) is 28.9. The first-order chi connectivity index (χ1) is 20.6. The van der Waals surface area contributed by atoms with Crippen LogP contribution in [-0.2, 0) is 0 Å². The molecule has 0 spiro atoms. The van der Waals surface area contributed by atoms with E-state index in [2.05, 4.69) is 29.2 Å². The second-order valence-electron chi connectivity index (χ2n) is 13.5. The molecule has 6 rings (SSSR count). The van der Waals surface area contributed by atoms with E-state index < -0.39 is 0 Å². The Morgan fingerprint density at radius 2 is 1.36 bits per heavy atom. The lowest BCUT2D eigenvalue weighted by atomic mass is 9.83. The van der Waals surface area contributed by atoms with Crippen LogP contribution < -0.4 is 10.0 Å². The van der Waals surface area contributed by atoms with Crippen LogP contribution in [0.5, 0.6) is 5.75 Å². The van der Waals surface area contributed by atoms with Gasteiger partial charge >= 0.3 is 0 Å². The molecule has 5 heteroatoms. The van der Waals surface area contributed by atoms with E-state index in [1.807, 2.05) is 38.1 Å². The fourth-order valence-corrected chi connectivity index (χ4v) is 12.2. The molecule has 0 aromatic heterocycles. The monoisotopic (exact) mass is 586 g/mol. The van der Waals surface area contributed by atoms with Gasteiger partial charge in [0.25, 0.3) is 5.91 Å². The summed E-state index contributed by atoms with van der Waals surface area (Å²) < 4.78 is 5.89. The molecule has 1 amide bonds. The quantitative estimate of drug-likeness (QED) is 0.290. The molecule has 0 unspecified atom stereocenters. The van der Waals surface area contributed by atoms with Crippen LogP contribution in [0.2, 0.25) is 0 Å². The van der Waals surface area contributed by atoms with Crippen LogP contribution in [-0.4, -0.2) is 46.7 Å². The highest BCUT2D eigenvalue weighted by Gasteiger charge is 2.41. The molecule has 3 aliphatic carbocycles. The number of amides is 1. The molecule has 1 atom stereocenters. The van der Waals surface area contributed by atoms with Gasteiger partial charge in [0, 0.05) is 11.1 Å². The largest absolute Gasteiger partial charge is 0.491 e. The summed E-state index contributed by atoms with van der Waals surface area (Å²) >= 11 is 0. The van der Waals surface area contributed by atoms with E-state index >= 15 is 0 Å². The molecule has 3 saturated carbocycles. The van der Waals surface area contributed by atoms with E-state index in [9.17, 15) is 4.79 Å². The van der Waals surface area contributed by atoms with Crippen molar-refractivity contribution in [3.05, 3.63) is 59.7 Å². The molecule has 2 aromatic carbocycles. The topological polar surface area (TPSA) is 41.9 Å². The number of amidine groups is 1. The lowest BCUT2D eigenvalue weighted by molar-refractivity contribution is 0.0766. The van der Waals surface area contributed by atoms with Gasteiger partial charge in [-0.2, -0.15) is 0 Å². The van der Waals surface area contributed by atoms with Crippen LogP contribution >= 0.6 is 7.92 Å². The molecular weight excluding hydrogens is 535 g/mol. The molecule has 4 nitrogen and oxygen atoms in total. The molecule has 42 heavy (non-hydrogen) atoms. The number of carbonyl (C=O) groups is 1. The van der Waals surface area contributed by atoms with Gasteiger partial charge in [0.1, 0.15) is 11.6 Å². The van der Waals surface area contributed by atoms with Crippen LogP contribution in [0.4, 0.5) is 0 Å². The smallest absolute Gasteiger partial charge is 0.259 e. The molecule has 3 fully saturated rings. The molecule has 0 N–H and O–H groups in total. The van der Waals surface area contributed by atoms with Gasteiger partial charge in [-0.15, -0.1) is 0 Å². The minimum absolute atomic E-state index is 0.104.